The third-order valence-electron chi connectivity index (χ3n) is 4.99. The van der Waals surface area contributed by atoms with Gasteiger partial charge in [-0.3, -0.25) is 4.90 Å². The van der Waals surface area contributed by atoms with Gasteiger partial charge in [0.2, 0.25) is 0 Å². The number of methoxy groups -OCH3 is 2. The van der Waals surface area contributed by atoms with E-state index in [9.17, 15) is 5.26 Å². The number of likely N-dealkylation sites (tertiary alicyclic amines) is 1. The van der Waals surface area contributed by atoms with Crippen LogP contribution in [0.4, 0.5) is 0 Å². The van der Waals surface area contributed by atoms with E-state index < -0.39 is 0 Å². The van der Waals surface area contributed by atoms with Gasteiger partial charge in [-0.1, -0.05) is 13.3 Å². The third-order valence-corrected chi connectivity index (χ3v) is 4.99. The van der Waals surface area contributed by atoms with E-state index in [2.05, 4.69) is 17.9 Å². The Morgan fingerprint density at radius 3 is 2.26 bits per heavy atom. The second kappa shape index (κ2) is 6.69. The highest BCUT2D eigenvalue weighted by Gasteiger charge is 2.41. The first kappa shape index (κ1) is 14.8. The zero-order valence-electron chi connectivity index (χ0n) is 12.3. The molecule has 0 aromatic heterocycles. The molecule has 0 aromatic carbocycles. The maximum Gasteiger partial charge on any atom is 0.0971 e. The van der Waals surface area contributed by atoms with Gasteiger partial charge in [0.1, 0.15) is 0 Å². The standard InChI is InChI=1S/C15H26N2O2/c1-4-11-5-6-12(8-16)13(7-11)17-9-14(18-2)15(10-17)19-3/h11-15H,4-7,9-10H2,1-3H3. The van der Waals surface area contributed by atoms with E-state index >= 15 is 0 Å². The van der Waals surface area contributed by atoms with Gasteiger partial charge in [0, 0.05) is 33.4 Å². The van der Waals surface area contributed by atoms with Crippen LogP contribution in [0.3, 0.4) is 0 Å². The molecule has 5 unspecified atom stereocenters. The highest BCUT2D eigenvalue weighted by atomic mass is 16.5. The average Bonchev–Trinajstić information content (AvgIpc) is 2.89. The van der Waals surface area contributed by atoms with Crippen molar-refractivity contribution in [3.05, 3.63) is 0 Å². The first-order chi connectivity index (χ1) is 9.23. The van der Waals surface area contributed by atoms with Gasteiger partial charge in [-0.15, -0.1) is 0 Å². The van der Waals surface area contributed by atoms with Crippen LogP contribution in [-0.4, -0.2) is 50.5 Å². The van der Waals surface area contributed by atoms with E-state index in [1.54, 1.807) is 14.2 Å². The molecule has 1 saturated carbocycles. The smallest absolute Gasteiger partial charge is 0.0971 e. The molecule has 0 aromatic rings. The molecule has 0 amide bonds. The minimum absolute atomic E-state index is 0.145. The van der Waals surface area contributed by atoms with Crippen LogP contribution in [0, 0.1) is 23.2 Å². The molecule has 2 fully saturated rings. The fourth-order valence-electron chi connectivity index (χ4n) is 3.65. The van der Waals surface area contributed by atoms with Crippen molar-refractivity contribution in [1.29, 1.82) is 5.26 Å². The third kappa shape index (κ3) is 3.10. The van der Waals surface area contributed by atoms with Gasteiger partial charge in [0.15, 0.2) is 0 Å². The Bertz CT molecular complexity index is 317. The van der Waals surface area contributed by atoms with Crippen LogP contribution in [0.25, 0.3) is 0 Å². The topological polar surface area (TPSA) is 45.5 Å². The minimum atomic E-state index is 0.145. The van der Waals surface area contributed by atoms with E-state index in [0.717, 1.165) is 31.8 Å². The van der Waals surface area contributed by atoms with Crippen molar-refractivity contribution in [2.45, 2.75) is 50.9 Å². The lowest BCUT2D eigenvalue weighted by Crippen LogP contribution is -2.43. The SMILES string of the molecule is CCC1CCC(C#N)C(N2CC(OC)C(OC)C2)C1. The number of nitriles is 1. The summed E-state index contributed by atoms with van der Waals surface area (Å²) in [6.45, 7) is 4.05. The minimum Gasteiger partial charge on any atom is -0.377 e. The summed E-state index contributed by atoms with van der Waals surface area (Å²) >= 11 is 0. The quantitative estimate of drug-likeness (QED) is 0.781. The van der Waals surface area contributed by atoms with Crippen molar-refractivity contribution < 1.29 is 9.47 Å². The van der Waals surface area contributed by atoms with Gasteiger partial charge in [0.05, 0.1) is 24.2 Å². The number of hydrogen-bond acceptors (Lipinski definition) is 4. The van der Waals surface area contributed by atoms with Crippen LogP contribution in [-0.2, 0) is 9.47 Å². The van der Waals surface area contributed by atoms with Crippen molar-refractivity contribution in [2.24, 2.45) is 11.8 Å². The van der Waals surface area contributed by atoms with Gasteiger partial charge in [0.25, 0.3) is 0 Å². The van der Waals surface area contributed by atoms with Crippen LogP contribution in [0.2, 0.25) is 0 Å². The monoisotopic (exact) mass is 266 g/mol. The Balaban J connectivity index is 2.04. The van der Waals surface area contributed by atoms with E-state index in [0.29, 0.717) is 6.04 Å². The van der Waals surface area contributed by atoms with E-state index in [4.69, 9.17) is 9.47 Å². The van der Waals surface area contributed by atoms with Crippen molar-refractivity contribution >= 4 is 0 Å². The van der Waals surface area contributed by atoms with Crippen molar-refractivity contribution in [1.82, 2.24) is 4.90 Å². The maximum absolute atomic E-state index is 9.39. The highest BCUT2D eigenvalue weighted by molar-refractivity contribution is 5.01. The normalized spacial score (nSPS) is 40.2. The lowest BCUT2D eigenvalue weighted by atomic mass is 9.77. The molecule has 1 aliphatic heterocycles. The number of hydrogen-bond donors (Lipinski definition) is 0. The largest absolute Gasteiger partial charge is 0.377 e. The number of nitrogens with zero attached hydrogens (tertiary/aromatic N) is 2. The fraction of sp³-hybridized carbons (Fsp3) is 0.933. The van der Waals surface area contributed by atoms with Crippen LogP contribution >= 0.6 is 0 Å². The van der Waals surface area contributed by atoms with E-state index in [1.807, 2.05) is 0 Å². The molecule has 0 spiro atoms. The van der Waals surface area contributed by atoms with Crippen LogP contribution in [0.5, 0.6) is 0 Å². The molecule has 5 atom stereocenters. The second-order valence-electron chi connectivity index (χ2n) is 5.89. The van der Waals surface area contributed by atoms with Crippen LogP contribution < -0.4 is 0 Å². The summed E-state index contributed by atoms with van der Waals surface area (Å²) in [6, 6.07) is 2.91. The molecule has 0 radical (unpaired) electrons. The molecule has 0 bridgehead atoms. The summed E-state index contributed by atoms with van der Waals surface area (Å²) in [7, 11) is 3.50. The Kier molecular flexibility index (Phi) is 5.20. The van der Waals surface area contributed by atoms with Gasteiger partial charge in [-0.2, -0.15) is 5.26 Å². The summed E-state index contributed by atoms with van der Waals surface area (Å²) in [5.74, 6) is 0.952. The van der Waals surface area contributed by atoms with Crippen LogP contribution in [0.15, 0.2) is 0 Å². The Labute approximate surface area is 116 Å². The summed E-state index contributed by atoms with van der Waals surface area (Å²) in [4.78, 5) is 2.43. The highest BCUT2D eigenvalue weighted by Crippen LogP contribution is 2.35. The predicted molar refractivity (Wildman–Crippen MR) is 73.7 cm³/mol. The van der Waals surface area contributed by atoms with Crippen molar-refractivity contribution in [3.63, 3.8) is 0 Å². The van der Waals surface area contributed by atoms with Gasteiger partial charge in [-0.05, 0) is 25.2 Å². The average molecular weight is 266 g/mol. The molecular formula is C15H26N2O2. The number of rotatable bonds is 4. The van der Waals surface area contributed by atoms with Crippen LogP contribution in [0.1, 0.15) is 32.6 Å². The number of ether oxygens (including phenoxy) is 2. The molecule has 1 aliphatic carbocycles. The Hall–Kier alpha value is -0.630. The summed E-state index contributed by atoms with van der Waals surface area (Å²) in [6.07, 6.45) is 4.93. The van der Waals surface area contributed by atoms with Crippen molar-refractivity contribution in [3.8, 4) is 6.07 Å². The summed E-state index contributed by atoms with van der Waals surface area (Å²) < 4.78 is 11.0. The molecule has 2 aliphatic rings. The molecule has 1 saturated heterocycles. The lowest BCUT2D eigenvalue weighted by Gasteiger charge is -2.38. The predicted octanol–water partition coefficient (Wildman–Crippen LogP) is 2.05. The molecule has 1 heterocycles. The lowest BCUT2D eigenvalue weighted by molar-refractivity contribution is -0.00461. The molecule has 108 valence electrons. The molecule has 2 rings (SSSR count). The van der Waals surface area contributed by atoms with Gasteiger partial charge >= 0.3 is 0 Å². The zero-order valence-corrected chi connectivity index (χ0v) is 12.3. The summed E-state index contributed by atoms with van der Waals surface area (Å²) in [5.41, 5.74) is 0. The molecular weight excluding hydrogens is 240 g/mol. The second-order valence-corrected chi connectivity index (χ2v) is 5.89. The fourth-order valence-corrected chi connectivity index (χ4v) is 3.65. The van der Waals surface area contributed by atoms with Gasteiger partial charge in [-0.25, -0.2) is 0 Å². The maximum atomic E-state index is 9.39. The Morgan fingerprint density at radius 2 is 1.79 bits per heavy atom. The first-order valence-corrected chi connectivity index (χ1v) is 7.42. The van der Waals surface area contributed by atoms with Gasteiger partial charge < -0.3 is 9.47 Å². The molecule has 4 heteroatoms. The first-order valence-electron chi connectivity index (χ1n) is 7.42. The van der Waals surface area contributed by atoms with Crippen molar-refractivity contribution in [2.75, 3.05) is 27.3 Å². The summed E-state index contributed by atoms with van der Waals surface area (Å²) in [5, 5.41) is 9.39. The van der Waals surface area contributed by atoms with E-state index in [1.165, 1.54) is 12.8 Å². The molecule has 4 nitrogen and oxygen atoms in total. The zero-order chi connectivity index (χ0) is 13.8. The Morgan fingerprint density at radius 1 is 1.16 bits per heavy atom. The molecule has 19 heavy (non-hydrogen) atoms. The van der Waals surface area contributed by atoms with E-state index in [-0.39, 0.29) is 18.1 Å². The molecule has 0 N–H and O–H groups in total.